The molecule has 0 saturated carbocycles. The van der Waals surface area contributed by atoms with Crippen LogP contribution in [0.5, 0.6) is 5.75 Å². The second kappa shape index (κ2) is 9.08. The van der Waals surface area contributed by atoms with Crippen LogP contribution in [0.2, 0.25) is 0 Å². The predicted molar refractivity (Wildman–Crippen MR) is 134 cm³/mol. The van der Waals surface area contributed by atoms with Gasteiger partial charge in [-0.1, -0.05) is 36.5 Å². The van der Waals surface area contributed by atoms with Gasteiger partial charge in [0.25, 0.3) is 0 Å². The number of benzene rings is 2. The first-order chi connectivity index (χ1) is 16.6. The normalized spacial score (nSPS) is 25.3. The van der Waals surface area contributed by atoms with Crippen molar-refractivity contribution in [3.63, 3.8) is 0 Å². The van der Waals surface area contributed by atoms with E-state index in [1.807, 2.05) is 24.3 Å². The number of carbonyl (C=O) groups is 2. The molecule has 2 aromatic carbocycles. The van der Waals surface area contributed by atoms with E-state index in [4.69, 9.17) is 4.74 Å². The Kier molecular flexibility index (Phi) is 6.24. The molecule has 2 aromatic rings. The van der Waals surface area contributed by atoms with Crippen molar-refractivity contribution in [2.45, 2.75) is 62.5 Å². The number of hydrogen-bond acceptors (Lipinski definition) is 5. The molecule has 1 saturated heterocycles. The summed E-state index contributed by atoms with van der Waals surface area (Å²) in [6.45, 7) is 7.37. The van der Waals surface area contributed by atoms with Crippen LogP contribution in [0.25, 0.3) is 0 Å². The van der Waals surface area contributed by atoms with Gasteiger partial charge in [0.2, 0.25) is 0 Å². The zero-order valence-corrected chi connectivity index (χ0v) is 20.8. The van der Waals surface area contributed by atoms with Crippen LogP contribution in [0.4, 0.5) is 14.5 Å². The summed E-state index contributed by atoms with van der Waals surface area (Å²) < 4.78 is 36.3. The van der Waals surface area contributed by atoms with Crippen LogP contribution in [0.15, 0.2) is 48.6 Å². The van der Waals surface area contributed by atoms with Gasteiger partial charge in [0.05, 0.1) is 23.9 Å². The van der Waals surface area contributed by atoms with Crippen LogP contribution in [0.1, 0.15) is 61.8 Å². The highest BCUT2D eigenvalue weighted by Gasteiger charge is 2.41. The Morgan fingerprint density at radius 1 is 1.23 bits per heavy atom. The lowest BCUT2D eigenvalue weighted by atomic mass is 9.94. The molecule has 3 aliphatic rings. The van der Waals surface area contributed by atoms with Crippen LogP contribution in [-0.4, -0.2) is 34.9 Å². The summed E-state index contributed by atoms with van der Waals surface area (Å²) in [4.78, 5) is 25.8. The number of rotatable bonds is 6. The third-order valence-electron chi connectivity index (χ3n) is 7.50. The van der Waals surface area contributed by atoms with E-state index >= 15 is 4.39 Å². The number of halogens is 2. The number of alkyl halides is 1. The number of anilines is 1. The number of para-hydroxylation sites is 1. The standard InChI is InChI=1S/C28H29F2NO3S/c1-16(2)28(3,30)15-31-12-11-24(21-5-4-6-22(29)26(21)31)34-18-8-10-19-17(13-18)7-9-20(19)27-23(32)14-25(33)35-27/h4-6,8,10,13,20,24,27H,1,7,9,11-12,14-15H2,2-3H3. The van der Waals surface area contributed by atoms with Crippen LogP contribution in [0.3, 0.4) is 0 Å². The van der Waals surface area contributed by atoms with E-state index in [1.54, 1.807) is 17.9 Å². The summed E-state index contributed by atoms with van der Waals surface area (Å²) in [6, 6.07) is 10.8. The molecule has 1 fully saturated rings. The molecule has 0 N–H and O–H groups in total. The SMILES string of the molecule is C=C(C)C(C)(F)CN1CCC(Oc2ccc3c(c2)CCC3C2SC(=O)CC2=O)c2cccc(F)c21. The third-order valence-corrected chi connectivity index (χ3v) is 8.75. The van der Waals surface area contributed by atoms with Crippen molar-refractivity contribution in [2.24, 2.45) is 0 Å². The van der Waals surface area contributed by atoms with Crippen LogP contribution < -0.4 is 9.64 Å². The number of ketones is 1. The van der Waals surface area contributed by atoms with Crippen molar-refractivity contribution in [3.05, 3.63) is 71.1 Å². The highest BCUT2D eigenvalue weighted by molar-refractivity contribution is 8.15. The maximum absolute atomic E-state index is 15.0. The number of nitrogens with zero attached hydrogens (tertiary/aromatic N) is 1. The molecule has 0 bridgehead atoms. The van der Waals surface area contributed by atoms with Crippen molar-refractivity contribution < 1.29 is 23.1 Å². The lowest BCUT2D eigenvalue weighted by Gasteiger charge is -2.39. The van der Waals surface area contributed by atoms with Crippen molar-refractivity contribution in [3.8, 4) is 5.75 Å². The minimum Gasteiger partial charge on any atom is -0.486 e. The summed E-state index contributed by atoms with van der Waals surface area (Å²) >= 11 is 1.17. The van der Waals surface area contributed by atoms with Gasteiger partial charge in [-0.3, -0.25) is 9.59 Å². The fraction of sp³-hybridized carbons (Fsp3) is 0.429. The summed E-state index contributed by atoms with van der Waals surface area (Å²) in [7, 11) is 0. The van der Waals surface area contributed by atoms with Gasteiger partial charge in [0, 0.05) is 24.4 Å². The van der Waals surface area contributed by atoms with Gasteiger partial charge in [-0.15, -0.1) is 0 Å². The van der Waals surface area contributed by atoms with E-state index in [0.29, 0.717) is 35.5 Å². The van der Waals surface area contributed by atoms with Crippen molar-refractivity contribution >= 4 is 28.3 Å². The molecular weight excluding hydrogens is 468 g/mol. The van der Waals surface area contributed by atoms with Gasteiger partial charge < -0.3 is 9.64 Å². The second-order valence-corrected chi connectivity index (χ2v) is 11.2. The Hall–Kier alpha value is -2.67. The molecule has 7 heteroatoms. The molecule has 184 valence electrons. The molecule has 1 aliphatic carbocycles. The molecular formula is C28H29F2NO3S. The number of carbonyl (C=O) groups excluding carboxylic acids is 2. The topological polar surface area (TPSA) is 46.6 Å². The Balaban J connectivity index is 1.37. The smallest absolute Gasteiger partial charge is 0.197 e. The fourth-order valence-corrected chi connectivity index (χ4v) is 6.59. The van der Waals surface area contributed by atoms with E-state index in [2.05, 4.69) is 6.58 Å². The molecule has 4 unspecified atom stereocenters. The lowest BCUT2D eigenvalue weighted by Crippen LogP contribution is -2.42. The summed E-state index contributed by atoms with van der Waals surface area (Å²) in [5.74, 6) is 0.388. The number of thioether (sulfide) groups is 1. The van der Waals surface area contributed by atoms with E-state index in [0.717, 1.165) is 24.0 Å². The molecule has 0 spiro atoms. The van der Waals surface area contributed by atoms with Gasteiger partial charge >= 0.3 is 0 Å². The number of ether oxygens (including phenoxy) is 1. The number of aryl methyl sites for hydroxylation is 1. The van der Waals surface area contributed by atoms with E-state index in [9.17, 15) is 14.0 Å². The van der Waals surface area contributed by atoms with Gasteiger partial charge in [-0.2, -0.15) is 0 Å². The largest absolute Gasteiger partial charge is 0.486 e. The van der Waals surface area contributed by atoms with Crippen molar-refractivity contribution in [2.75, 3.05) is 18.0 Å². The quantitative estimate of drug-likeness (QED) is 0.357. The van der Waals surface area contributed by atoms with Crippen molar-refractivity contribution in [1.82, 2.24) is 0 Å². The molecule has 4 nitrogen and oxygen atoms in total. The van der Waals surface area contributed by atoms with Gasteiger partial charge in [0.1, 0.15) is 23.3 Å². The average molecular weight is 498 g/mol. The second-order valence-electron chi connectivity index (χ2n) is 10.0. The Labute approximate surface area is 208 Å². The number of Topliss-reactive ketones (excluding diaryl/α,β-unsaturated/α-hetero) is 1. The summed E-state index contributed by atoms with van der Waals surface area (Å²) in [5.41, 5.74) is 2.11. The molecule has 2 aliphatic heterocycles. The molecule has 4 atom stereocenters. The maximum Gasteiger partial charge on any atom is 0.197 e. The highest BCUT2D eigenvalue weighted by atomic mass is 32.2. The monoisotopic (exact) mass is 497 g/mol. The van der Waals surface area contributed by atoms with Crippen LogP contribution in [-0.2, 0) is 16.0 Å². The zero-order chi connectivity index (χ0) is 24.9. The van der Waals surface area contributed by atoms with Gasteiger partial charge in [-0.05, 0) is 61.6 Å². The Morgan fingerprint density at radius 2 is 2.03 bits per heavy atom. The maximum atomic E-state index is 15.0. The lowest BCUT2D eigenvalue weighted by molar-refractivity contribution is -0.121. The molecule has 0 amide bonds. The fourth-order valence-electron chi connectivity index (χ4n) is 5.42. The first kappa shape index (κ1) is 24.0. The first-order valence-corrected chi connectivity index (χ1v) is 12.9. The number of hydrogen-bond donors (Lipinski definition) is 0. The molecule has 35 heavy (non-hydrogen) atoms. The van der Waals surface area contributed by atoms with Gasteiger partial charge in [0.15, 0.2) is 10.9 Å². The molecule has 2 heterocycles. The van der Waals surface area contributed by atoms with Gasteiger partial charge in [-0.25, -0.2) is 8.78 Å². The Morgan fingerprint density at radius 3 is 2.74 bits per heavy atom. The van der Waals surface area contributed by atoms with E-state index < -0.39 is 11.5 Å². The van der Waals surface area contributed by atoms with Crippen LogP contribution >= 0.6 is 11.8 Å². The first-order valence-electron chi connectivity index (χ1n) is 12.0. The summed E-state index contributed by atoms with van der Waals surface area (Å²) in [5, 5.41) is -0.322. The molecule has 5 rings (SSSR count). The zero-order valence-electron chi connectivity index (χ0n) is 20.0. The van der Waals surface area contributed by atoms with E-state index in [-0.39, 0.29) is 41.1 Å². The van der Waals surface area contributed by atoms with Crippen molar-refractivity contribution in [1.29, 1.82) is 0 Å². The number of fused-ring (bicyclic) bond motifs is 2. The minimum atomic E-state index is -1.63. The molecule has 0 aromatic heterocycles. The minimum absolute atomic E-state index is 0.0274. The van der Waals surface area contributed by atoms with Crippen LogP contribution in [0, 0.1) is 5.82 Å². The average Bonchev–Trinajstić information content (AvgIpc) is 3.36. The molecule has 0 radical (unpaired) electrons. The van der Waals surface area contributed by atoms with E-state index in [1.165, 1.54) is 24.8 Å². The summed E-state index contributed by atoms with van der Waals surface area (Å²) in [6.07, 6.45) is 1.94. The predicted octanol–water partition coefficient (Wildman–Crippen LogP) is 6.09. The third kappa shape index (κ3) is 4.51. The Bertz CT molecular complexity index is 1210. The highest BCUT2D eigenvalue weighted by Crippen LogP contribution is 2.46.